The number of methoxy groups -OCH3 is 1. The fraction of sp³-hybridized carbons (Fsp3) is 0.571. The second kappa shape index (κ2) is 9.07. The van der Waals surface area contributed by atoms with Gasteiger partial charge in [-0.25, -0.2) is 0 Å². The van der Waals surface area contributed by atoms with Crippen LogP contribution < -0.4 is 15.0 Å². The molecule has 0 radical (unpaired) electrons. The lowest BCUT2D eigenvalue weighted by molar-refractivity contribution is -0.121. The number of benzene rings is 1. The van der Waals surface area contributed by atoms with Crippen molar-refractivity contribution in [2.24, 2.45) is 0 Å². The van der Waals surface area contributed by atoms with Crippen LogP contribution in [0.1, 0.15) is 47.0 Å². The molecule has 158 valence electrons. The van der Waals surface area contributed by atoms with Crippen LogP contribution in [0.25, 0.3) is 5.69 Å². The van der Waals surface area contributed by atoms with Gasteiger partial charge < -0.3 is 15.0 Å². The summed E-state index contributed by atoms with van der Waals surface area (Å²) < 4.78 is 7.62. The number of ether oxygens (including phenoxy) is 1. The highest BCUT2D eigenvalue weighted by molar-refractivity contribution is 8.00. The average Bonchev–Trinajstić information content (AvgIpc) is 3.10. The van der Waals surface area contributed by atoms with Gasteiger partial charge in [0.05, 0.1) is 18.0 Å². The molecule has 0 spiro atoms. The maximum atomic E-state index is 12.6. The summed E-state index contributed by atoms with van der Waals surface area (Å²) in [5, 5.41) is 12.4. The molecule has 29 heavy (non-hydrogen) atoms. The molecule has 8 heteroatoms. The van der Waals surface area contributed by atoms with Gasteiger partial charge in [-0.2, -0.15) is 0 Å². The van der Waals surface area contributed by atoms with E-state index >= 15 is 0 Å². The van der Waals surface area contributed by atoms with E-state index < -0.39 is 0 Å². The number of piperidine rings is 1. The second-order valence-corrected chi connectivity index (χ2v) is 9.64. The number of thioether (sulfide) groups is 1. The lowest BCUT2D eigenvalue weighted by Crippen LogP contribution is -2.44. The van der Waals surface area contributed by atoms with Gasteiger partial charge in [0.2, 0.25) is 11.9 Å². The number of carbonyl (C=O) groups is 1. The summed E-state index contributed by atoms with van der Waals surface area (Å²) in [5.41, 5.74) is 0.604. The van der Waals surface area contributed by atoms with Crippen molar-refractivity contribution in [3.63, 3.8) is 0 Å². The van der Waals surface area contributed by atoms with Crippen LogP contribution in [0.5, 0.6) is 5.75 Å². The van der Waals surface area contributed by atoms with Crippen molar-refractivity contribution >= 4 is 23.6 Å². The Hall–Kier alpha value is -2.22. The van der Waals surface area contributed by atoms with Crippen molar-refractivity contribution in [3.8, 4) is 11.4 Å². The first kappa shape index (κ1) is 21.5. The summed E-state index contributed by atoms with van der Waals surface area (Å²) >= 11 is 1.41. The maximum absolute atomic E-state index is 12.6. The number of hydrogen-bond donors (Lipinski definition) is 1. The number of rotatable bonds is 6. The van der Waals surface area contributed by atoms with E-state index in [1.54, 1.807) is 7.11 Å². The summed E-state index contributed by atoms with van der Waals surface area (Å²) in [4.78, 5) is 14.9. The van der Waals surface area contributed by atoms with Crippen LogP contribution in [0.3, 0.4) is 0 Å². The van der Waals surface area contributed by atoms with Gasteiger partial charge in [-0.15, -0.1) is 10.2 Å². The minimum absolute atomic E-state index is 0.0170. The molecule has 1 aromatic carbocycles. The monoisotopic (exact) mass is 417 g/mol. The molecule has 0 unspecified atom stereocenters. The van der Waals surface area contributed by atoms with Crippen molar-refractivity contribution in [3.05, 3.63) is 24.3 Å². The highest BCUT2D eigenvalue weighted by atomic mass is 32.2. The molecule has 1 N–H and O–H groups in total. The number of anilines is 1. The van der Waals surface area contributed by atoms with Crippen molar-refractivity contribution in [2.75, 3.05) is 25.1 Å². The highest BCUT2D eigenvalue weighted by Gasteiger charge is 2.27. The third-order valence-electron chi connectivity index (χ3n) is 4.73. The molecule has 1 fully saturated rings. The zero-order valence-corrected chi connectivity index (χ0v) is 18.8. The van der Waals surface area contributed by atoms with Crippen LogP contribution in [-0.2, 0) is 4.79 Å². The van der Waals surface area contributed by atoms with Crippen molar-refractivity contribution in [1.82, 2.24) is 20.1 Å². The molecule has 1 amide bonds. The van der Waals surface area contributed by atoms with Crippen LogP contribution in [0, 0.1) is 0 Å². The Labute approximate surface area is 177 Å². The van der Waals surface area contributed by atoms with E-state index in [0.29, 0.717) is 5.16 Å². The van der Waals surface area contributed by atoms with Crippen LogP contribution in [0.2, 0.25) is 0 Å². The first-order valence-corrected chi connectivity index (χ1v) is 11.0. The largest absolute Gasteiger partial charge is 0.495 e. The molecule has 7 nitrogen and oxygen atoms in total. The number of hydrogen-bond acceptors (Lipinski definition) is 6. The van der Waals surface area contributed by atoms with E-state index in [-0.39, 0.29) is 16.7 Å². The van der Waals surface area contributed by atoms with Gasteiger partial charge in [-0.1, -0.05) is 23.9 Å². The summed E-state index contributed by atoms with van der Waals surface area (Å²) in [6.07, 6.45) is 3.53. The predicted octanol–water partition coefficient (Wildman–Crippen LogP) is 3.66. The molecule has 1 atom stereocenters. The first-order chi connectivity index (χ1) is 13.8. The van der Waals surface area contributed by atoms with Crippen molar-refractivity contribution in [2.45, 2.75) is 62.9 Å². The van der Waals surface area contributed by atoms with Gasteiger partial charge in [0.25, 0.3) is 0 Å². The maximum Gasteiger partial charge on any atom is 0.233 e. The summed E-state index contributed by atoms with van der Waals surface area (Å²) in [7, 11) is 1.66. The number of aromatic nitrogens is 3. The molecule has 2 aromatic rings. The van der Waals surface area contributed by atoms with Crippen LogP contribution in [-0.4, -0.2) is 51.7 Å². The molecular weight excluding hydrogens is 386 g/mol. The quantitative estimate of drug-likeness (QED) is 0.723. The second-order valence-electron chi connectivity index (χ2n) is 8.34. The van der Waals surface area contributed by atoms with Gasteiger partial charge in [0.15, 0.2) is 5.16 Å². The van der Waals surface area contributed by atoms with Gasteiger partial charge >= 0.3 is 0 Å². The van der Waals surface area contributed by atoms with E-state index in [1.807, 2.05) is 56.5 Å². The van der Waals surface area contributed by atoms with Gasteiger partial charge in [0, 0.05) is 18.6 Å². The minimum atomic E-state index is -0.305. The zero-order chi connectivity index (χ0) is 21.0. The normalized spacial score (nSPS) is 15.8. The molecular formula is C21H31N5O2S. The van der Waals surface area contributed by atoms with E-state index in [1.165, 1.54) is 18.2 Å². The molecule has 0 aliphatic carbocycles. The summed E-state index contributed by atoms with van der Waals surface area (Å²) in [6, 6.07) is 7.85. The Bertz CT molecular complexity index is 840. The number of nitrogens with one attached hydrogen (secondary N) is 1. The fourth-order valence-electron chi connectivity index (χ4n) is 3.35. The molecule has 1 aromatic heterocycles. The van der Waals surface area contributed by atoms with Crippen molar-refractivity contribution < 1.29 is 9.53 Å². The third kappa shape index (κ3) is 5.23. The number of carbonyl (C=O) groups excluding carboxylic acids is 1. The fourth-order valence-corrected chi connectivity index (χ4v) is 4.20. The molecule has 2 heterocycles. The number of nitrogens with zero attached hydrogens (tertiary/aromatic N) is 4. The standard InChI is InChI=1S/C21H31N5O2S/c1-15(18(27)22-21(2,3)4)29-20-24-23-19(25-13-9-6-10-14-25)26(20)16-11-7-8-12-17(16)28-5/h7-8,11-12,15H,6,9-10,13-14H2,1-5H3,(H,22,27)/t15-/m1/s1. The van der Waals surface area contributed by atoms with Crippen molar-refractivity contribution in [1.29, 1.82) is 0 Å². The van der Waals surface area contributed by atoms with Gasteiger partial charge in [0.1, 0.15) is 5.75 Å². The van der Waals surface area contributed by atoms with Crippen LogP contribution in [0.15, 0.2) is 29.4 Å². The lowest BCUT2D eigenvalue weighted by atomic mass is 10.1. The van der Waals surface area contributed by atoms with E-state index in [2.05, 4.69) is 20.4 Å². The van der Waals surface area contributed by atoms with E-state index in [4.69, 9.17) is 4.74 Å². The summed E-state index contributed by atoms with van der Waals surface area (Å²) in [6.45, 7) is 9.75. The highest BCUT2D eigenvalue weighted by Crippen LogP contribution is 2.34. The van der Waals surface area contributed by atoms with E-state index in [0.717, 1.165) is 43.3 Å². The number of para-hydroxylation sites is 2. The molecule has 1 aliphatic rings. The molecule has 0 bridgehead atoms. The Kier molecular flexibility index (Phi) is 6.72. The zero-order valence-electron chi connectivity index (χ0n) is 17.9. The Morgan fingerprint density at radius 2 is 1.86 bits per heavy atom. The lowest BCUT2D eigenvalue weighted by Gasteiger charge is -2.28. The van der Waals surface area contributed by atoms with Gasteiger partial charge in [-0.05, 0) is 59.1 Å². The molecule has 1 saturated heterocycles. The van der Waals surface area contributed by atoms with Crippen LogP contribution in [0.4, 0.5) is 5.95 Å². The first-order valence-electron chi connectivity index (χ1n) is 10.1. The Morgan fingerprint density at radius 3 is 2.52 bits per heavy atom. The molecule has 1 aliphatic heterocycles. The number of amides is 1. The minimum Gasteiger partial charge on any atom is -0.495 e. The van der Waals surface area contributed by atoms with Gasteiger partial charge in [-0.3, -0.25) is 9.36 Å². The Balaban J connectivity index is 1.97. The molecule has 3 rings (SSSR count). The summed E-state index contributed by atoms with van der Waals surface area (Å²) in [5.74, 6) is 1.54. The third-order valence-corrected chi connectivity index (χ3v) is 5.77. The SMILES string of the molecule is COc1ccccc1-n1c(S[C@H](C)C(=O)NC(C)(C)C)nnc1N1CCCCC1. The predicted molar refractivity (Wildman–Crippen MR) is 117 cm³/mol. The topological polar surface area (TPSA) is 72.3 Å². The molecule has 0 saturated carbocycles. The Morgan fingerprint density at radius 1 is 1.17 bits per heavy atom. The average molecular weight is 418 g/mol. The van der Waals surface area contributed by atoms with E-state index in [9.17, 15) is 4.79 Å². The smallest absolute Gasteiger partial charge is 0.233 e. The van der Waals surface area contributed by atoms with Crippen LogP contribution >= 0.6 is 11.8 Å².